The van der Waals surface area contributed by atoms with Crippen molar-refractivity contribution in [3.05, 3.63) is 11.6 Å². The van der Waals surface area contributed by atoms with Gasteiger partial charge in [-0.3, -0.25) is 0 Å². The monoisotopic (exact) mass is 232 g/mol. The quantitative estimate of drug-likeness (QED) is 0.483. The molecule has 1 unspecified atom stereocenters. The van der Waals surface area contributed by atoms with Crippen molar-refractivity contribution in [2.24, 2.45) is 5.92 Å². The van der Waals surface area contributed by atoms with Gasteiger partial charge in [-0.15, -0.1) is 0 Å². The van der Waals surface area contributed by atoms with E-state index in [2.05, 4.69) is 49.7 Å². The third kappa shape index (κ3) is 4.97. The molecule has 0 aromatic rings. The van der Waals surface area contributed by atoms with Crippen molar-refractivity contribution in [3.63, 3.8) is 0 Å². The normalized spacial score (nSPS) is 15.3. The van der Waals surface area contributed by atoms with Gasteiger partial charge in [0.2, 0.25) is 0 Å². The molecule has 0 heterocycles. The molecule has 0 saturated heterocycles. The zero-order valence-corrected chi connectivity index (χ0v) is 10.3. The molecule has 0 radical (unpaired) electrons. The first-order valence-corrected chi connectivity index (χ1v) is 5.85. The fraction of sp³-hybridized carbons (Fsp3) is 0.818. The fourth-order valence-electron chi connectivity index (χ4n) is 1.15. The molecule has 1 atom stereocenters. The van der Waals surface area contributed by atoms with Crippen LogP contribution in [0.5, 0.6) is 0 Å². The van der Waals surface area contributed by atoms with Crippen molar-refractivity contribution in [1.29, 1.82) is 0 Å². The van der Waals surface area contributed by atoms with Gasteiger partial charge in [0.25, 0.3) is 0 Å². The molecule has 0 aliphatic rings. The summed E-state index contributed by atoms with van der Waals surface area (Å²) in [6.07, 6.45) is 5.93. The van der Waals surface area contributed by atoms with E-state index in [1.54, 1.807) is 5.57 Å². The largest absolute Gasteiger partial charge is 0.0884 e. The molecule has 0 aromatic heterocycles. The fourth-order valence-corrected chi connectivity index (χ4v) is 1.56. The van der Waals surface area contributed by atoms with Crippen LogP contribution in [-0.2, 0) is 0 Å². The molecule has 0 amide bonds. The maximum Gasteiger partial charge on any atom is 0.0205 e. The molecule has 0 nitrogen and oxygen atoms in total. The lowest BCUT2D eigenvalue weighted by Gasteiger charge is -2.15. The molecule has 0 spiro atoms. The summed E-state index contributed by atoms with van der Waals surface area (Å²) in [6.45, 7) is 8.97. The van der Waals surface area contributed by atoms with Crippen molar-refractivity contribution in [1.82, 2.24) is 0 Å². The van der Waals surface area contributed by atoms with E-state index in [9.17, 15) is 0 Å². The Bertz CT molecular complexity index is 136. The van der Waals surface area contributed by atoms with Gasteiger partial charge >= 0.3 is 0 Å². The lowest BCUT2D eigenvalue weighted by Crippen LogP contribution is -2.07. The van der Waals surface area contributed by atoms with Gasteiger partial charge in [-0.1, -0.05) is 55.3 Å². The van der Waals surface area contributed by atoms with Crippen molar-refractivity contribution in [3.8, 4) is 0 Å². The number of hydrogen-bond donors (Lipinski definition) is 0. The Morgan fingerprint density at radius 1 is 1.33 bits per heavy atom. The second-order valence-electron chi connectivity index (χ2n) is 3.59. The first-order chi connectivity index (χ1) is 5.61. The minimum absolute atomic E-state index is 0.648. The van der Waals surface area contributed by atoms with Crippen LogP contribution in [0.25, 0.3) is 0 Å². The Labute approximate surface area is 85.6 Å². The van der Waals surface area contributed by atoms with Crippen molar-refractivity contribution < 1.29 is 0 Å². The van der Waals surface area contributed by atoms with Crippen LogP contribution in [0.3, 0.4) is 0 Å². The summed E-state index contributed by atoms with van der Waals surface area (Å²) in [4.78, 5) is 0.648. The third-order valence-corrected chi connectivity index (χ3v) is 3.51. The molecule has 0 N–H and O–H groups in total. The van der Waals surface area contributed by atoms with E-state index >= 15 is 0 Å². The Kier molecular flexibility index (Phi) is 6.83. The lowest BCUT2D eigenvalue weighted by molar-refractivity contribution is 0.604. The van der Waals surface area contributed by atoms with E-state index in [4.69, 9.17) is 0 Å². The Balaban J connectivity index is 3.94. The number of rotatable bonds is 5. The first-order valence-electron chi connectivity index (χ1n) is 4.93. The SMILES string of the molecule is CC/C=C(/CC)CC(Br)C(C)C. The molecular weight excluding hydrogens is 212 g/mol. The van der Waals surface area contributed by atoms with Crippen LogP contribution in [0.2, 0.25) is 0 Å². The van der Waals surface area contributed by atoms with Gasteiger partial charge in [0.1, 0.15) is 0 Å². The van der Waals surface area contributed by atoms with Gasteiger partial charge in [-0.25, -0.2) is 0 Å². The summed E-state index contributed by atoms with van der Waals surface area (Å²) in [7, 11) is 0. The van der Waals surface area contributed by atoms with E-state index in [1.807, 2.05) is 0 Å². The molecule has 0 aromatic carbocycles. The van der Waals surface area contributed by atoms with Crippen LogP contribution < -0.4 is 0 Å². The van der Waals surface area contributed by atoms with E-state index in [0.29, 0.717) is 4.83 Å². The van der Waals surface area contributed by atoms with E-state index in [0.717, 1.165) is 5.92 Å². The highest BCUT2D eigenvalue weighted by Gasteiger charge is 2.09. The summed E-state index contributed by atoms with van der Waals surface area (Å²) >= 11 is 3.71. The summed E-state index contributed by atoms with van der Waals surface area (Å²) in [6, 6.07) is 0. The lowest BCUT2D eigenvalue weighted by atomic mass is 10.0. The highest BCUT2D eigenvalue weighted by molar-refractivity contribution is 9.09. The Hall–Kier alpha value is 0.220. The molecule has 0 fully saturated rings. The van der Waals surface area contributed by atoms with E-state index in [-0.39, 0.29) is 0 Å². The van der Waals surface area contributed by atoms with Gasteiger partial charge in [-0.2, -0.15) is 0 Å². The number of allylic oxidation sites excluding steroid dienone is 2. The van der Waals surface area contributed by atoms with Crippen molar-refractivity contribution in [2.75, 3.05) is 0 Å². The molecule has 72 valence electrons. The second-order valence-corrected chi connectivity index (χ2v) is 4.76. The maximum atomic E-state index is 3.71. The van der Waals surface area contributed by atoms with Crippen LogP contribution in [0.4, 0.5) is 0 Å². The van der Waals surface area contributed by atoms with Crippen LogP contribution in [0.1, 0.15) is 47.0 Å². The van der Waals surface area contributed by atoms with Crippen LogP contribution in [0, 0.1) is 5.92 Å². The molecule has 0 bridgehead atoms. The molecule has 12 heavy (non-hydrogen) atoms. The van der Waals surface area contributed by atoms with Gasteiger partial charge in [0, 0.05) is 4.83 Å². The van der Waals surface area contributed by atoms with Crippen LogP contribution in [0.15, 0.2) is 11.6 Å². The summed E-state index contributed by atoms with van der Waals surface area (Å²) in [5.41, 5.74) is 1.59. The number of alkyl halides is 1. The Morgan fingerprint density at radius 3 is 2.25 bits per heavy atom. The van der Waals surface area contributed by atoms with Gasteiger partial charge in [-0.05, 0) is 25.2 Å². The Morgan fingerprint density at radius 2 is 1.92 bits per heavy atom. The van der Waals surface area contributed by atoms with Gasteiger partial charge in [0.15, 0.2) is 0 Å². The minimum Gasteiger partial charge on any atom is -0.0884 e. The molecule has 0 saturated carbocycles. The van der Waals surface area contributed by atoms with E-state index < -0.39 is 0 Å². The smallest absolute Gasteiger partial charge is 0.0205 e. The molecule has 1 heteroatoms. The highest BCUT2D eigenvalue weighted by Crippen LogP contribution is 2.22. The first kappa shape index (κ1) is 12.2. The minimum atomic E-state index is 0.648. The van der Waals surface area contributed by atoms with Crippen molar-refractivity contribution in [2.45, 2.75) is 51.8 Å². The molecule has 0 rings (SSSR count). The van der Waals surface area contributed by atoms with E-state index in [1.165, 1.54) is 19.3 Å². The summed E-state index contributed by atoms with van der Waals surface area (Å²) < 4.78 is 0. The number of halogens is 1. The zero-order chi connectivity index (χ0) is 9.56. The van der Waals surface area contributed by atoms with Gasteiger partial charge < -0.3 is 0 Å². The predicted molar refractivity (Wildman–Crippen MR) is 60.8 cm³/mol. The predicted octanol–water partition coefficient (Wildman–Crippen LogP) is 4.54. The molecule has 0 aliphatic heterocycles. The van der Waals surface area contributed by atoms with Crippen LogP contribution >= 0.6 is 15.9 Å². The average molecular weight is 233 g/mol. The zero-order valence-electron chi connectivity index (χ0n) is 8.73. The second kappa shape index (κ2) is 6.71. The highest BCUT2D eigenvalue weighted by atomic mass is 79.9. The average Bonchev–Trinajstić information content (AvgIpc) is 2.03. The third-order valence-electron chi connectivity index (χ3n) is 2.13. The standard InChI is InChI=1S/C11H21Br/c1-5-7-10(6-2)8-11(12)9(3)4/h7,9,11H,5-6,8H2,1-4H3/b10-7-. The summed E-state index contributed by atoms with van der Waals surface area (Å²) in [5.74, 6) is 0.733. The van der Waals surface area contributed by atoms with Gasteiger partial charge in [0.05, 0.1) is 0 Å². The molecule has 0 aliphatic carbocycles. The maximum absolute atomic E-state index is 3.71. The topological polar surface area (TPSA) is 0 Å². The van der Waals surface area contributed by atoms with Crippen molar-refractivity contribution >= 4 is 15.9 Å². The number of hydrogen-bond acceptors (Lipinski definition) is 0. The molecular formula is C11H21Br. The summed E-state index contributed by atoms with van der Waals surface area (Å²) in [5, 5.41) is 0. The van der Waals surface area contributed by atoms with Crippen LogP contribution in [-0.4, -0.2) is 4.83 Å².